The molecule has 7 heterocycles. The number of halogens is 1. The van der Waals surface area contributed by atoms with Gasteiger partial charge in [-0.2, -0.15) is 4.98 Å². The molecule has 0 saturated carbocycles. The van der Waals surface area contributed by atoms with Crippen molar-refractivity contribution in [2.75, 3.05) is 45.6 Å². The fourth-order valence-electron chi connectivity index (χ4n) is 5.20. The number of rotatable bonds is 2. The van der Waals surface area contributed by atoms with Crippen molar-refractivity contribution in [3.63, 3.8) is 0 Å². The summed E-state index contributed by atoms with van der Waals surface area (Å²) >= 11 is 10.7. The number of thiol groups is 1. The third-order valence-electron chi connectivity index (χ3n) is 7.10. The van der Waals surface area contributed by atoms with Crippen molar-refractivity contribution in [1.29, 1.82) is 0 Å². The minimum absolute atomic E-state index is 0.105. The summed E-state index contributed by atoms with van der Waals surface area (Å²) in [7, 11) is 0. The Hall–Kier alpha value is -2.05. The highest BCUT2D eigenvalue weighted by molar-refractivity contribution is 8.44. The smallest absolute Gasteiger partial charge is 0.382 e. The Kier molecular flexibility index (Phi) is 7.88. The zero-order valence-electron chi connectivity index (χ0n) is 22.0. The van der Waals surface area contributed by atoms with Crippen molar-refractivity contribution in [2.45, 2.75) is 47.8 Å². The summed E-state index contributed by atoms with van der Waals surface area (Å²) in [5, 5.41) is 1.63. The third kappa shape index (κ3) is 5.61. The Morgan fingerprint density at radius 2 is 1.89 bits per heavy atom. The number of alkyl halides is 1. The van der Waals surface area contributed by atoms with Crippen LogP contribution in [0.2, 0.25) is 0 Å². The maximum atomic E-state index is 16.0. The van der Waals surface area contributed by atoms with Crippen LogP contribution in [0.15, 0.2) is 11.1 Å². The highest BCUT2D eigenvalue weighted by Gasteiger charge is 2.54. The van der Waals surface area contributed by atoms with E-state index in [1.54, 1.807) is 0 Å². The van der Waals surface area contributed by atoms with Gasteiger partial charge in [-0.3, -0.25) is 39.2 Å². The summed E-state index contributed by atoms with van der Waals surface area (Å²) in [5.74, 6) is 0.342. The molecule has 2 aromatic rings. The molecule has 2 aromatic heterocycles. The number of nitrogens with one attached hydrogen (secondary N) is 5. The van der Waals surface area contributed by atoms with Gasteiger partial charge in [0.1, 0.15) is 35.7 Å². The minimum atomic E-state index is -4.15. The Labute approximate surface area is 261 Å². The molecule has 0 spiro atoms. The molecule has 0 amide bonds. The lowest BCUT2D eigenvalue weighted by Crippen LogP contribution is -2.49. The zero-order chi connectivity index (χ0) is 31.0. The fraction of sp³-hybridized carbons (Fsp3) is 0.556. The summed E-state index contributed by atoms with van der Waals surface area (Å²) in [4.78, 5) is 37.9. The second-order valence-corrected chi connectivity index (χ2v) is 17.0. The van der Waals surface area contributed by atoms with Crippen molar-refractivity contribution in [3.8, 4) is 0 Å². The number of aromatic nitrogens is 4. The van der Waals surface area contributed by atoms with E-state index in [9.17, 15) is 14.3 Å². The summed E-state index contributed by atoms with van der Waals surface area (Å²) in [5.41, 5.74) is 22.5. The number of nitrogens with zero attached hydrogens (tertiary/aromatic N) is 5. The molecule has 3 saturated heterocycles. The van der Waals surface area contributed by atoms with Crippen LogP contribution in [0, 0.1) is 0 Å². The van der Waals surface area contributed by atoms with E-state index in [4.69, 9.17) is 46.1 Å². The number of H-pyrrole nitrogens is 1. The number of anilines is 6. The third-order valence-corrected chi connectivity index (χ3v) is 11.8. The number of nitrogen functional groups attached to an aromatic ring is 2. The molecule has 26 heteroatoms. The molecule has 7 rings (SSSR count). The van der Waals surface area contributed by atoms with Crippen molar-refractivity contribution in [2.24, 2.45) is 0 Å². The van der Waals surface area contributed by atoms with Gasteiger partial charge in [-0.25, -0.2) is 23.9 Å². The van der Waals surface area contributed by atoms with Crippen LogP contribution in [-0.4, -0.2) is 79.4 Å². The maximum absolute atomic E-state index is 16.0. The predicted octanol–water partition coefficient (Wildman–Crippen LogP) is -0.306. The predicted molar refractivity (Wildman–Crippen MR) is 162 cm³/mol. The average Bonchev–Trinajstić information content (AvgIpc) is 3.72. The van der Waals surface area contributed by atoms with Gasteiger partial charge in [-0.1, -0.05) is 12.2 Å². The lowest BCUT2D eigenvalue weighted by atomic mass is 10.1. The molecular weight excluding hydrogens is 689 g/mol. The van der Waals surface area contributed by atoms with Crippen molar-refractivity contribution in [3.05, 3.63) is 16.7 Å². The van der Waals surface area contributed by atoms with Gasteiger partial charge in [-0.15, -0.1) is 22.8 Å². The molecule has 0 radical (unpaired) electrons. The van der Waals surface area contributed by atoms with Crippen LogP contribution in [-0.2, 0) is 39.2 Å². The summed E-state index contributed by atoms with van der Waals surface area (Å²) < 4.78 is 58.2. The Bertz CT molecular complexity index is 1630. The van der Waals surface area contributed by atoms with Gasteiger partial charge in [0.05, 0.1) is 13.2 Å². The van der Waals surface area contributed by atoms with E-state index in [0.717, 1.165) is 0 Å². The molecule has 10 N–H and O–H groups in total. The van der Waals surface area contributed by atoms with Crippen LogP contribution < -0.4 is 49.0 Å². The van der Waals surface area contributed by atoms with E-state index in [1.807, 2.05) is 0 Å². The van der Waals surface area contributed by atoms with Gasteiger partial charge in [0.25, 0.3) is 5.56 Å². The van der Waals surface area contributed by atoms with Gasteiger partial charge in [0.2, 0.25) is 5.95 Å². The normalized spacial score (nSPS) is 38.5. The van der Waals surface area contributed by atoms with E-state index < -0.39 is 67.0 Å². The molecule has 9 atom stereocenters. The number of hydrogen-bond acceptors (Lipinski definition) is 20. The first-order valence-corrected chi connectivity index (χ1v) is 19.0. The maximum Gasteiger partial charge on any atom is 0.386 e. The number of fused-ring (bicyclic) bond motifs is 5. The molecule has 5 aliphatic heterocycles. The first-order chi connectivity index (χ1) is 20.9. The molecule has 240 valence electrons. The second kappa shape index (κ2) is 11.3. The van der Waals surface area contributed by atoms with E-state index in [2.05, 4.69) is 54.1 Å². The molecule has 3 fully saturated rings. The summed E-state index contributed by atoms with van der Waals surface area (Å²) in [6.07, 6.45) is -5.56. The SMILES string of the molecule is Nc1nc2c(c(=O)[nH]1)NNN2[C@@H]1S[C@@H]2COP(O)(=S)O[C@H]3[C@H](F)[C@H](N4NNc5c(N)ncnc54)O[C@@H]3COP(=O)(S)O[C@@H]1C2. The second-order valence-electron chi connectivity index (χ2n) is 9.96. The van der Waals surface area contributed by atoms with Gasteiger partial charge in [-0.05, 0) is 18.2 Å². The van der Waals surface area contributed by atoms with Crippen molar-refractivity contribution in [1.82, 2.24) is 31.0 Å². The molecule has 20 nitrogen and oxygen atoms in total. The number of ether oxygens (including phenoxy) is 1. The number of nitrogens with two attached hydrogens (primary N) is 2. The Morgan fingerprint density at radius 3 is 2.70 bits per heavy atom. The molecule has 0 aliphatic carbocycles. The number of hydrazine groups is 4. The monoisotopic (exact) mass is 714 g/mol. The van der Waals surface area contributed by atoms with Crippen LogP contribution in [0.1, 0.15) is 6.42 Å². The molecule has 0 aromatic carbocycles. The zero-order valence-corrected chi connectivity index (χ0v) is 26.3. The van der Waals surface area contributed by atoms with E-state index >= 15 is 4.39 Å². The van der Waals surface area contributed by atoms with Crippen molar-refractivity contribution < 1.29 is 36.7 Å². The topological polar surface area (TPSA) is 262 Å². The number of hydrogen-bond donors (Lipinski definition) is 9. The van der Waals surface area contributed by atoms with Crippen LogP contribution in [0.3, 0.4) is 0 Å². The first-order valence-electron chi connectivity index (χ1n) is 12.8. The Balaban J connectivity index is 1.14. The fourth-order valence-corrected chi connectivity index (χ4v) is 9.82. The Morgan fingerprint density at radius 1 is 1.11 bits per heavy atom. The lowest BCUT2D eigenvalue weighted by molar-refractivity contribution is -0.0188. The van der Waals surface area contributed by atoms with Gasteiger partial charge < -0.3 is 25.6 Å². The van der Waals surface area contributed by atoms with Crippen LogP contribution in [0.4, 0.5) is 39.2 Å². The van der Waals surface area contributed by atoms with Gasteiger partial charge in [0, 0.05) is 5.25 Å². The highest BCUT2D eigenvalue weighted by Crippen LogP contribution is 2.59. The number of aromatic amines is 1. The molecular formula is C18H25FN12O8P2S3. The number of thioether (sulfide) groups is 1. The summed E-state index contributed by atoms with van der Waals surface area (Å²) in [6, 6.07) is 0. The standard InChI is InChI=1S/C18H25FN12O8P2S3/c19-8-11-7(37-16(8)30-13-9(26-28-30)12(20)22-4-23-13)3-36-40(33,42)38-6-1-5(2-35-41(34,43)39-11)44-17(6)31-14-10(27-29-31)15(32)25-18(21)24-14/h4-8,11,16-17,26-29H,1-3H2,(H,33,42)(H,34,43)(H2,20,22,23)(H3,21,24,25,32)/t5-,6+,7+,8-,11+,16+,17+,40?,41?/m0/s1. The van der Waals surface area contributed by atoms with Gasteiger partial charge in [0.15, 0.2) is 35.5 Å². The molecule has 2 bridgehead atoms. The van der Waals surface area contributed by atoms with E-state index in [-0.39, 0.29) is 42.1 Å². The van der Waals surface area contributed by atoms with E-state index in [0.29, 0.717) is 5.69 Å². The van der Waals surface area contributed by atoms with Crippen LogP contribution >= 0.6 is 37.5 Å². The lowest BCUT2D eigenvalue weighted by Gasteiger charge is -2.30. The summed E-state index contributed by atoms with van der Waals surface area (Å²) in [6.45, 7) is -8.90. The molecule has 5 aliphatic rings. The van der Waals surface area contributed by atoms with E-state index in [1.165, 1.54) is 28.1 Å². The average molecular weight is 715 g/mol. The van der Waals surface area contributed by atoms with Gasteiger partial charge >= 0.3 is 13.5 Å². The quantitative estimate of drug-likeness (QED) is 0.143. The minimum Gasteiger partial charge on any atom is -0.382 e. The molecule has 2 unspecified atom stereocenters. The van der Waals surface area contributed by atoms with Crippen LogP contribution in [0.25, 0.3) is 0 Å². The first kappa shape index (κ1) is 30.6. The molecule has 44 heavy (non-hydrogen) atoms. The van der Waals surface area contributed by atoms with Crippen molar-refractivity contribution >= 4 is 84.1 Å². The largest absolute Gasteiger partial charge is 0.386 e. The highest BCUT2D eigenvalue weighted by atomic mass is 32.7. The van der Waals surface area contributed by atoms with Crippen LogP contribution in [0.5, 0.6) is 0 Å².